The summed E-state index contributed by atoms with van der Waals surface area (Å²) in [6.07, 6.45) is 0.541. The maximum atomic E-state index is 12.2. The van der Waals surface area contributed by atoms with Crippen LogP contribution in [0.15, 0.2) is 47.8 Å². The van der Waals surface area contributed by atoms with Gasteiger partial charge in [0.1, 0.15) is 0 Å². The first kappa shape index (κ1) is 20.7. The van der Waals surface area contributed by atoms with E-state index in [0.29, 0.717) is 24.5 Å². The third-order valence-corrected chi connectivity index (χ3v) is 5.75. The normalized spacial score (nSPS) is 10.9. The minimum atomic E-state index is -0.678. The summed E-state index contributed by atoms with van der Waals surface area (Å²) in [4.78, 5) is 29.8. The van der Waals surface area contributed by atoms with E-state index in [1.165, 1.54) is 11.3 Å². The zero-order valence-electron chi connectivity index (χ0n) is 17.6. The molecule has 0 saturated heterocycles. The van der Waals surface area contributed by atoms with Crippen molar-refractivity contribution < 1.29 is 9.59 Å². The van der Waals surface area contributed by atoms with Crippen molar-refractivity contribution in [3.05, 3.63) is 70.2 Å². The van der Waals surface area contributed by atoms with Gasteiger partial charge in [-0.1, -0.05) is 30.3 Å². The number of rotatable bonds is 5. The topological polar surface area (TPSA) is 88.4 Å². The van der Waals surface area contributed by atoms with Crippen LogP contribution in [0.25, 0.3) is 16.3 Å². The molecule has 0 bridgehead atoms. The molecule has 0 aliphatic heterocycles. The molecule has 2 heterocycles. The molecule has 0 saturated carbocycles. The number of aromatic nitrogens is 3. The number of thiazole rings is 1. The molecule has 2 N–H and O–H groups in total. The van der Waals surface area contributed by atoms with Crippen LogP contribution in [0.4, 0.5) is 5.69 Å². The molecule has 0 radical (unpaired) electrons. The molecule has 2 aromatic carbocycles. The fourth-order valence-electron chi connectivity index (χ4n) is 3.45. The number of benzene rings is 2. The summed E-state index contributed by atoms with van der Waals surface area (Å²) >= 11 is 1.50. The lowest BCUT2D eigenvalue weighted by atomic mass is 10.1. The standard InChI is InChI=1S/C23H23N5O2S/c1-14-10-15(2)12-17(11-14)25-22(30)21(29)24-9-8-18-13-31-23-26-20(27-28(18)23)19-7-5-4-6-16(19)3/h4-7,10-13H,8-9H2,1-3H3,(H,24,29)(H,25,30). The number of hydrogen-bond acceptors (Lipinski definition) is 5. The molecular weight excluding hydrogens is 410 g/mol. The lowest BCUT2D eigenvalue weighted by molar-refractivity contribution is -0.136. The second kappa shape index (κ2) is 8.69. The summed E-state index contributed by atoms with van der Waals surface area (Å²) in [5.41, 5.74) is 5.71. The number of nitrogens with zero attached hydrogens (tertiary/aromatic N) is 3. The van der Waals surface area contributed by atoms with Gasteiger partial charge in [-0.3, -0.25) is 9.59 Å². The molecule has 4 rings (SSSR count). The van der Waals surface area contributed by atoms with Gasteiger partial charge in [-0.25, -0.2) is 4.52 Å². The van der Waals surface area contributed by atoms with Gasteiger partial charge in [0.25, 0.3) is 0 Å². The Labute approximate surface area is 184 Å². The Morgan fingerprint density at radius 3 is 2.52 bits per heavy atom. The first-order valence-corrected chi connectivity index (χ1v) is 10.9. The van der Waals surface area contributed by atoms with Crippen molar-refractivity contribution in [1.29, 1.82) is 0 Å². The number of fused-ring (bicyclic) bond motifs is 1. The Bertz CT molecular complexity index is 1250. The van der Waals surface area contributed by atoms with E-state index in [1.807, 2.05) is 68.6 Å². The minimum Gasteiger partial charge on any atom is -0.347 e. The molecule has 0 atom stereocenters. The molecule has 0 spiro atoms. The number of hydrogen-bond donors (Lipinski definition) is 2. The molecule has 31 heavy (non-hydrogen) atoms. The third-order valence-electron chi connectivity index (χ3n) is 4.89. The van der Waals surface area contributed by atoms with E-state index >= 15 is 0 Å². The molecule has 2 aromatic heterocycles. The van der Waals surface area contributed by atoms with Crippen LogP contribution in [0.3, 0.4) is 0 Å². The fourth-order valence-corrected chi connectivity index (χ4v) is 4.31. The second-order valence-electron chi connectivity index (χ2n) is 7.51. The fraction of sp³-hybridized carbons (Fsp3) is 0.217. The lowest BCUT2D eigenvalue weighted by Crippen LogP contribution is -2.36. The van der Waals surface area contributed by atoms with Crippen LogP contribution in [0.1, 0.15) is 22.4 Å². The number of carbonyl (C=O) groups is 2. The van der Waals surface area contributed by atoms with Crippen molar-refractivity contribution in [1.82, 2.24) is 19.9 Å². The number of carbonyl (C=O) groups excluding carboxylic acids is 2. The lowest BCUT2D eigenvalue weighted by Gasteiger charge is -2.08. The molecular formula is C23H23N5O2S. The summed E-state index contributed by atoms with van der Waals surface area (Å²) in [5, 5.41) is 11.9. The van der Waals surface area contributed by atoms with Gasteiger partial charge in [0.05, 0.1) is 5.69 Å². The second-order valence-corrected chi connectivity index (χ2v) is 8.34. The van der Waals surface area contributed by atoms with E-state index in [1.54, 1.807) is 4.52 Å². The molecule has 4 aromatic rings. The summed E-state index contributed by atoms with van der Waals surface area (Å²) in [6.45, 7) is 6.24. The first-order valence-electron chi connectivity index (χ1n) is 9.97. The van der Waals surface area contributed by atoms with Crippen LogP contribution in [0.5, 0.6) is 0 Å². The van der Waals surface area contributed by atoms with E-state index < -0.39 is 11.8 Å². The van der Waals surface area contributed by atoms with E-state index in [-0.39, 0.29) is 0 Å². The highest BCUT2D eigenvalue weighted by Gasteiger charge is 2.16. The van der Waals surface area contributed by atoms with Gasteiger partial charge in [-0.2, -0.15) is 4.98 Å². The highest BCUT2D eigenvalue weighted by Crippen LogP contribution is 2.23. The summed E-state index contributed by atoms with van der Waals surface area (Å²) in [7, 11) is 0. The van der Waals surface area contributed by atoms with Crippen molar-refractivity contribution in [3.63, 3.8) is 0 Å². The SMILES string of the molecule is Cc1cc(C)cc(NC(=O)C(=O)NCCc2csc3nc(-c4ccccc4C)nn23)c1. The van der Waals surface area contributed by atoms with Crippen LogP contribution in [-0.4, -0.2) is 33.0 Å². The molecule has 158 valence electrons. The van der Waals surface area contributed by atoms with Gasteiger partial charge in [0.2, 0.25) is 4.96 Å². The number of nitrogens with one attached hydrogen (secondary N) is 2. The molecule has 0 unspecified atom stereocenters. The maximum Gasteiger partial charge on any atom is 0.313 e. The number of aryl methyl sites for hydroxylation is 3. The van der Waals surface area contributed by atoms with E-state index in [2.05, 4.69) is 20.7 Å². The van der Waals surface area contributed by atoms with E-state index in [4.69, 9.17) is 0 Å². The Morgan fingerprint density at radius 1 is 1.03 bits per heavy atom. The zero-order chi connectivity index (χ0) is 22.0. The predicted octanol–water partition coefficient (Wildman–Crippen LogP) is 3.68. The van der Waals surface area contributed by atoms with E-state index in [9.17, 15) is 9.59 Å². The molecule has 8 heteroatoms. The quantitative estimate of drug-likeness (QED) is 0.470. The average Bonchev–Trinajstić information content (AvgIpc) is 3.29. The summed E-state index contributed by atoms with van der Waals surface area (Å²) < 4.78 is 1.80. The Balaban J connectivity index is 1.37. The van der Waals surface area contributed by atoms with Crippen LogP contribution in [0, 0.1) is 20.8 Å². The predicted molar refractivity (Wildman–Crippen MR) is 122 cm³/mol. The highest BCUT2D eigenvalue weighted by molar-refractivity contribution is 7.15. The van der Waals surface area contributed by atoms with Gasteiger partial charge >= 0.3 is 11.8 Å². The van der Waals surface area contributed by atoms with Gasteiger partial charge in [0, 0.05) is 29.6 Å². The molecule has 0 fully saturated rings. The largest absolute Gasteiger partial charge is 0.347 e. The molecule has 0 aliphatic carbocycles. The van der Waals surface area contributed by atoms with Crippen LogP contribution in [0.2, 0.25) is 0 Å². The Hall–Kier alpha value is -3.52. The number of amides is 2. The maximum absolute atomic E-state index is 12.2. The number of anilines is 1. The van der Waals surface area contributed by atoms with Crippen molar-refractivity contribution >= 4 is 33.8 Å². The zero-order valence-corrected chi connectivity index (χ0v) is 18.4. The van der Waals surface area contributed by atoms with Gasteiger partial charge in [-0.15, -0.1) is 16.4 Å². The minimum absolute atomic E-state index is 0.324. The van der Waals surface area contributed by atoms with Crippen LogP contribution >= 0.6 is 11.3 Å². The van der Waals surface area contributed by atoms with Gasteiger partial charge in [0.15, 0.2) is 5.82 Å². The highest BCUT2D eigenvalue weighted by atomic mass is 32.1. The molecule has 2 amide bonds. The smallest absolute Gasteiger partial charge is 0.313 e. The monoisotopic (exact) mass is 433 g/mol. The first-order chi connectivity index (χ1) is 14.9. The summed E-state index contributed by atoms with van der Waals surface area (Å²) in [6, 6.07) is 13.7. The van der Waals surface area contributed by atoms with Crippen molar-refractivity contribution in [2.24, 2.45) is 0 Å². The van der Waals surface area contributed by atoms with Crippen molar-refractivity contribution in [2.45, 2.75) is 27.2 Å². The Kier molecular flexibility index (Phi) is 5.81. The molecule has 7 nitrogen and oxygen atoms in total. The Morgan fingerprint density at radius 2 is 1.77 bits per heavy atom. The van der Waals surface area contributed by atoms with Crippen molar-refractivity contribution in [3.8, 4) is 11.4 Å². The third kappa shape index (κ3) is 4.64. The van der Waals surface area contributed by atoms with Crippen molar-refractivity contribution in [2.75, 3.05) is 11.9 Å². The molecule has 0 aliphatic rings. The van der Waals surface area contributed by atoms with E-state index in [0.717, 1.165) is 32.9 Å². The van der Waals surface area contributed by atoms with Crippen LogP contribution in [-0.2, 0) is 16.0 Å². The summed E-state index contributed by atoms with van der Waals surface area (Å²) in [5.74, 6) is -0.657. The average molecular weight is 434 g/mol. The van der Waals surface area contributed by atoms with Crippen LogP contribution < -0.4 is 10.6 Å². The van der Waals surface area contributed by atoms with Gasteiger partial charge < -0.3 is 10.6 Å². The van der Waals surface area contributed by atoms with Gasteiger partial charge in [-0.05, 0) is 49.6 Å².